The molecule has 1 N–H and O–H groups in total. The Labute approximate surface area is 130 Å². The number of carbonyl (C=O) groups excluding carboxylic acids is 1. The fourth-order valence-corrected chi connectivity index (χ4v) is 4.45. The molecule has 0 radical (unpaired) electrons. The van der Waals surface area contributed by atoms with Gasteiger partial charge in [0.15, 0.2) is 0 Å². The highest BCUT2D eigenvalue weighted by molar-refractivity contribution is 7.93. The van der Waals surface area contributed by atoms with Crippen LogP contribution in [-0.4, -0.2) is 26.5 Å². The van der Waals surface area contributed by atoms with Gasteiger partial charge < -0.3 is 4.74 Å². The highest BCUT2D eigenvalue weighted by Gasteiger charge is 2.27. The lowest BCUT2D eigenvalue weighted by molar-refractivity contribution is 0.0602. The highest BCUT2D eigenvalue weighted by Crippen LogP contribution is 2.29. The van der Waals surface area contributed by atoms with Gasteiger partial charge >= 0.3 is 5.97 Å². The molecule has 0 aliphatic carbocycles. The average molecular weight is 347 g/mol. The van der Waals surface area contributed by atoms with Crippen LogP contribution in [0.4, 0.5) is 5.82 Å². The first-order chi connectivity index (χ1) is 9.85. The van der Waals surface area contributed by atoms with Crippen molar-refractivity contribution in [2.75, 3.05) is 11.8 Å². The number of thiophene rings is 1. The number of carbonyl (C=O) groups is 1. The van der Waals surface area contributed by atoms with Crippen molar-refractivity contribution in [1.82, 2.24) is 4.98 Å². The van der Waals surface area contributed by atoms with E-state index >= 15 is 0 Å². The lowest BCUT2D eigenvalue weighted by Crippen LogP contribution is -2.17. The van der Waals surface area contributed by atoms with Gasteiger partial charge in [-0.25, -0.2) is 18.2 Å². The van der Waals surface area contributed by atoms with Crippen molar-refractivity contribution < 1.29 is 17.9 Å². The van der Waals surface area contributed by atoms with E-state index in [1.807, 2.05) is 0 Å². The predicted octanol–water partition coefficient (Wildman–Crippen LogP) is 2.69. The van der Waals surface area contributed by atoms with Crippen molar-refractivity contribution in [2.45, 2.75) is 11.8 Å². The lowest BCUT2D eigenvalue weighted by atomic mass is 10.3. The SMILES string of the molecule is COC(=O)c1scc(C)c1S(=O)(=O)Nc1ccc(Cl)cn1. The second kappa shape index (κ2) is 6.00. The van der Waals surface area contributed by atoms with Crippen LogP contribution in [0.3, 0.4) is 0 Å². The summed E-state index contributed by atoms with van der Waals surface area (Å²) in [5.41, 5.74) is 0.460. The molecule has 0 aliphatic heterocycles. The summed E-state index contributed by atoms with van der Waals surface area (Å²) < 4.78 is 31.8. The minimum Gasteiger partial charge on any atom is -0.465 e. The number of hydrogen-bond acceptors (Lipinski definition) is 6. The summed E-state index contributed by atoms with van der Waals surface area (Å²) in [5, 5.41) is 1.97. The van der Waals surface area contributed by atoms with Gasteiger partial charge in [-0.05, 0) is 30.0 Å². The van der Waals surface area contributed by atoms with E-state index in [1.54, 1.807) is 12.3 Å². The zero-order valence-electron chi connectivity index (χ0n) is 11.1. The number of anilines is 1. The first kappa shape index (κ1) is 15.7. The van der Waals surface area contributed by atoms with Crippen LogP contribution in [0.25, 0.3) is 0 Å². The largest absolute Gasteiger partial charge is 0.465 e. The normalized spacial score (nSPS) is 11.2. The number of ether oxygens (including phenoxy) is 1. The van der Waals surface area contributed by atoms with Gasteiger partial charge in [0.05, 0.1) is 12.1 Å². The Morgan fingerprint density at radius 3 is 2.71 bits per heavy atom. The molecule has 0 amide bonds. The maximum Gasteiger partial charge on any atom is 0.349 e. The van der Waals surface area contributed by atoms with E-state index < -0.39 is 16.0 Å². The van der Waals surface area contributed by atoms with E-state index in [9.17, 15) is 13.2 Å². The smallest absolute Gasteiger partial charge is 0.349 e. The summed E-state index contributed by atoms with van der Waals surface area (Å²) in [6, 6.07) is 2.94. The Balaban J connectivity index is 2.42. The summed E-state index contributed by atoms with van der Waals surface area (Å²) in [4.78, 5) is 15.4. The zero-order chi connectivity index (χ0) is 15.6. The van der Waals surface area contributed by atoms with Gasteiger partial charge in [-0.15, -0.1) is 11.3 Å². The van der Waals surface area contributed by atoms with Crippen molar-refractivity contribution in [3.05, 3.63) is 39.2 Å². The second-order valence-electron chi connectivity index (χ2n) is 4.04. The summed E-state index contributed by atoms with van der Waals surface area (Å²) >= 11 is 6.71. The molecule has 0 atom stereocenters. The van der Waals surface area contributed by atoms with Crippen LogP contribution in [-0.2, 0) is 14.8 Å². The number of aromatic nitrogens is 1. The molecule has 2 rings (SSSR count). The number of sulfonamides is 1. The van der Waals surface area contributed by atoms with Crippen LogP contribution in [0.15, 0.2) is 28.6 Å². The number of pyridine rings is 1. The van der Waals surface area contributed by atoms with E-state index in [-0.39, 0.29) is 15.6 Å². The van der Waals surface area contributed by atoms with Crippen molar-refractivity contribution in [3.63, 3.8) is 0 Å². The Bertz CT molecular complexity index is 769. The number of aryl methyl sites for hydroxylation is 1. The topological polar surface area (TPSA) is 85.4 Å². The number of nitrogens with zero attached hydrogens (tertiary/aromatic N) is 1. The third-order valence-electron chi connectivity index (χ3n) is 2.52. The second-order valence-corrected chi connectivity index (χ2v) is 6.97. The minimum absolute atomic E-state index is 0.0245. The molecule has 2 aromatic rings. The first-order valence-corrected chi connectivity index (χ1v) is 8.40. The molecular weight excluding hydrogens is 336 g/mol. The molecule has 6 nitrogen and oxygen atoms in total. The maximum atomic E-state index is 12.4. The average Bonchev–Trinajstić information content (AvgIpc) is 2.83. The molecule has 0 aromatic carbocycles. The number of methoxy groups -OCH3 is 1. The lowest BCUT2D eigenvalue weighted by Gasteiger charge is -2.08. The number of rotatable bonds is 4. The van der Waals surface area contributed by atoms with Gasteiger partial charge in [-0.1, -0.05) is 11.6 Å². The third-order valence-corrected chi connectivity index (χ3v) is 5.50. The molecule has 2 aromatic heterocycles. The third kappa shape index (κ3) is 3.34. The number of halogens is 1. The molecule has 0 unspecified atom stereocenters. The van der Waals surface area contributed by atoms with Crippen LogP contribution in [0.5, 0.6) is 0 Å². The van der Waals surface area contributed by atoms with Crippen LogP contribution >= 0.6 is 22.9 Å². The number of nitrogens with one attached hydrogen (secondary N) is 1. The van der Waals surface area contributed by atoms with Crippen LogP contribution < -0.4 is 4.72 Å². The molecule has 9 heteroatoms. The molecule has 112 valence electrons. The Kier molecular flexibility index (Phi) is 4.50. The Morgan fingerprint density at radius 2 is 2.14 bits per heavy atom. The van der Waals surface area contributed by atoms with E-state index in [4.69, 9.17) is 11.6 Å². The molecular formula is C12H11ClN2O4S2. The van der Waals surface area contributed by atoms with Gasteiger partial charge in [0.2, 0.25) is 0 Å². The molecule has 0 saturated heterocycles. The molecule has 2 heterocycles. The molecule has 0 bridgehead atoms. The Morgan fingerprint density at radius 1 is 1.43 bits per heavy atom. The summed E-state index contributed by atoms with van der Waals surface area (Å²) in [7, 11) is -2.75. The van der Waals surface area contributed by atoms with Gasteiger partial charge in [0.1, 0.15) is 15.6 Å². The quantitative estimate of drug-likeness (QED) is 0.860. The van der Waals surface area contributed by atoms with Crippen molar-refractivity contribution in [1.29, 1.82) is 0 Å². The van der Waals surface area contributed by atoms with E-state index in [1.165, 1.54) is 25.4 Å². The minimum atomic E-state index is -3.95. The first-order valence-electron chi connectivity index (χ1n) is 5.66. The maximum absolute atomic E-state index is 12.4. The summed E-state index contributed by atoms with van der Waals surface area (Å²) in [5.74, 6) is -0.585. The van der Waals surface area contributed by atoms with E-state index in [0.29, 0.717) is 10.6 Å². The van der Waals surface area contributed by atoms with Gasteiger partial charge in [-0.3, -0.25) is 4.72 Å². The van der Waals surface area contributed by atoms with E-state index in [0.717, 1.165) is 11.3 Å². The van der Waals surface area contributed by atoms with Crippen molar-refractivity contribution in [2.24, 2.45) is 0 Å². The predicted molar refractivity (Wildman–Crippen MR) is 80.5 cm³/mol. The number of esters is 1. The standard InChI is InChI=1S/C12H11ClN2O4S2/c1-7-6-20-10(12(16)19-2)11(7)21(17,18)15-9-4-3-8(13)5-14-9/h3-6H,1-2H3,(H,14,15). The summed E-state index contributed by atoms with van der Waals surface area (Å²) in [6.07, 6.45) is 1.32. The van der Waals surface area contributed by atoms with Gasteiger partial charge in [0, 0.05) is 6.20 Å². The monoisotopic (exact) mass is 346 g/mol. The fraction of sp³-hybridized carbons (Fsp3) is 0.167. The van der Waals surface area contributed by atoms with Gasteiger partial charge in [0.25, 0.3) is 10.0 Å². The van der Waals surface area contributed by atoms with Crippen LogP contribution in [0.1, 0.15) is 15.2 Å². The molecule has 0 saturated carbocycles. The van der Waals surface area contributed by atoms with E-state index in [2.05, 4.69) is 14.4 Å². The summed E-state index contributed by atoms with van der Waals surface area (Å²) in [6.45, 7) is 1.60. The van der Waals surface area contributed by atoms with Crippen LogP contribution in [0, 0.1) is 6.92 Å². The molecule has 0 aliphatic rings. The van der Waals surface area contributed by atoms with Crippen molar-refractivity contribution >= 4 is 44.7 Å². The molecule has 21 heavy (non-hydrogen) atoms. The molecule has 0 spiro atoms. The van der Waals surface area contributed by atoms with Gasteiger partial charge in [-0.2, -0.15) is 0 Å². The fourth-order valence-electron chi connectivity index (χ4n) is 1.63. The highest BCUT2D eigenvalue weighted by atomic mass is 35.5. The number of hydrogen-bond donors (Lipinski definition) is 1. The molecule has 0 fully saturated rings. The zero-order valence-corrected chi connectivity index (χ0v) is 13.5. The Hall–Kier alpha value is -1.64. The van der Waals surface area contributed by atoms with Crippen LogP contribution in [0.2, 0.25) is 5.02 Å². The van der Waals surface area contributed by atoms with Crippen molar-refractivity contribution in [3.8, 4) is 0 Å².